The Morgan fingerprint density at radius 1 is 1.37 bits per heavy atom. The summed E-state index contributed by atoms with van der Waals surface area (Å²) in [7, 11) is 1.32. The molecule has 0 spiro atoms. The third-order valence-electron chi connectivity index (χ3n) is 2.95. The second-order valence-electron chi connectivity index (χ2n) is 4.95. The van der Waals surface area contributed by atoms with Crippen LogP contribution in [-0.2, 0) is 9.53 Å². The Labute approximate surface area is 122 Å². The Kier molecular flexibility index (Phi) is 4.98. The maximum Gasteiger partial charge on any atom is 0.341 e. The van der Waals surface area contributed by atoms with Crippen LogP contribution in [0.25, 0.3) is 0 Å². The van der Waals surface area contributed by atoms with Crippen LogP contribution in [0.3, 0.4) is 0 Å². The number of esters is 1. The summed E-state index contributed by atoms with van der Waals surface area (Å²) in [5, 5.41) is 3.29. The van der Waals surface area contributed by atoms with Crippen molar-refractivity contribution in [3.8, 4) is 0 Å². The summed E-state index contributed by atoms with van der Waals surface area (Å²) in [6, 6.07) is 0. The minimum atomic E-state index is -0.694. The Morgan fingerprint density at radius 3 is 2.42 bits per heavy atom. The van der Waals surface area contributed by atoms with Crippen molar-refractivity contribution in [2.75, 3.05) is 18.3 Å². The molecule has 0 bridgehead atoms. The van der Waals surface area contributed by atoms with Gasteiger partial charge in [0.1, 0.15) is 5.00 Å². The summed E-state index contributed by atoms with van der Waals surface area (Å²) < 4.78 is 4.75. The SMILES string of the molecule is COC(=O)c1c(NC(=O)C(C)(C)CCl)sc(C)c1C. The maximum atomic E-state index is 12.1. The molecule has 19 heavy (non-hydrogen) atoms. The van der Waals surface area contributed by atoms with E-state index >= 15 is 0 Å². The normalized spacial score (nSPS) is 11.3. The molecule has 1 aromatic heterocycles. The van der Waals surface area contributed by atoms with Gasteiger partial charge in [0.25, 0.3) is 0 Å². The lowest BCUT2D eigenvalue weighted by Gasteiger charge is -2.20. The van der Waals surface area contributed by atoms with Crippen LogP contribution in [0.2, 0.25) is 0 Å². The Balaban J connectivity index is 3.12. The molecular formula is C13H18ClNO3S. The maximum absolute atomic E-state index is 12.1. The van der Waals surface area contributed by atoms with Gasteiger partial charge in [-0.05, 0) is 33.3 Å². The summed E-state index contributed by atoms with van der Waals surface area (Å²) in [4.78, 5) is 24.9. The van der Waals surface area contributed by atoms with Crippen molar-refractivity contribution in [2.45, 2.75) is 27.7 Å². The number of carbonyl (C=O) groups is 2. The number of nitrogens with one attached hydrogen (secondary N) is 1. The van der Waals surface area contributed by atoms with Gasteiger partial charge in [0.15, 0.2) is 0 Å². The van der Waals surface area contributed by atoms with E-state index in [0.717, 1.165) is 10.4 Å². The zero-order valence-corrected chi connectivity index (χ0v) is 13.3. The molecule has 0 fully saturated rings. The summed E-state index contributed by atoms with van der Waals surface area (Å²) in [5.74, 6) is -0.454. The number of carbonyl (C=O) groups excluding carboxylic acids is 2. The van der Waals surface area contributed by atoms with Crippen LogP contribution in [0.4, 0.5) is 5.00 Å². The number of ether oxygens (including phenoxy) is 1. The first-order valence-corrected chi connectivity index (χ1v) is 7.15. The second-order valence-corrected chi connectivity index (χ2v) is 6.44. The number of amides is 1. The van der Waals surface area contributed by atoms with Gasteiger partial charge >= 0.3 is 5.97 Å². The van der Waals surface area contributed by atoms with Crippen LogP contribution >= 0.6 is 22.9 Å². The number of aryl methyl sites for hydroxylation is 1. The highest BCUT2D eigenvalue weighted by atomic mass is 35.5. The molecule has 0 saturated heterocycles. The fourth-order valence-electron chi connectivity index (χ4n) is 1.40. The van der Waals surface area contributed by atoms with Gasteiger partial charge < -0.3 is 10.1 Å². The van der Waals surface area contributed by atoms with Crippen LogP contribution in [0.5, 0.6) is 0 Å². The van der Waals surface area contributed by atoms with E-state index in [1.54, 1.807) is 13.8 Å². The van der Waals surface area contributed by atoms with Crippen molar-refractivity contribution in [1.29, 1.82) is 0 Å². The fourth-order valence-corrected chi connectivity index (χ4v) is 2.56. The molecule has 1 heterocycles. The van der Waals surface area contributed by atoms with E-state index in [1.807, 2.05) is 13.8 Å². The van der Waals surface area contributed by atoms with Gasteiger partial charge in [-0.15, -0.1) is 22.9 Å². The monoisotopic (exact) mass is 303 g/mol. The Bertz CT molecular complexity index is 508. The molecule has 0 aliphatic carbocycles. The molecule has 1 aromatic rings. The molecule has 0 aromatic carbocycles. The molecule has 1 amide bonds. The first-order chi connectivity index (χ1) is 8.74. The van der Waals surface area contributed by atoms with Crippen LogP contribution in [0.15, 0.2) is 0 Å². The number of anilines is 1. The average molecular weight is 304 g/mol. The lowest BCUT2D eigenvalue weighted by atomic mass is 9.95. The minimum absolute atomic E-state index is 0.204. The van der Waals surface area contributed by atoms with Crippen molar-refractivity contribution in [3.05, 3.63) is 16.0 Å². The molecule has 1 rings (SSSR count). The van der Waals surface area contributed by atoms with Crippen molar-refractivity contribution in [3.63, 3.8) is 0 Å². The Hall–Kier alpha value is -1.07. The average Bonchev–Trinajstić information content (AvgIpc) is 2.64. The van der Waals surface area contributed by atoms with Crippen molar-refractivity contribution < 1.29 is 14.3 Å². The van der Waals surface area contributed by atoms with Gasteiger partial charge in [-0.2, -0.15) is 0 Å². The smallest absolute Gasteiger partial charge is 0.341 e. The molecule has 6 heteroatoms. The summed E-state index contributed by atoms with van der Waals surface area (Å²) in [5.41, 5.74) is 0.556. The van der Waals surface area contributed by atoms with E-state index in [0.29, 0.717) is 10.6 Å². The molecule has 0 atom stereocenters. The van der Waals surface area contributed by atoms with Crippen molar-refractivity contribution >= 4 is 39.8 Å². The predicted molar refractivity (Wildman–Crippen MR) is 78.3 cm³/mol. The van der Waals surface area contributed by atoms with Crippen LogP contribution in [0.1, 0.15) is 34.6 Å². The lowest BCUT2D eigenvalue weighted by Crippen LogP contribution is -2.32. The van der Waals surface area contributed by atoms with E-state index in [2.05, 4.69) is 5.32 Å². The van der Waals surface area contributed by atoms with E-state index in [9.17, 15) is 9.59 Å². The third-order valence-corrected chi connectivity index (χ3v) is 4.74. The zero-order chi connectivity index (χ0) is 14.8. The molecule has 106 valence electrons. The van der Waals surface area contributed by atoms with E-state index in [1.165, 1.54) is 18.4 Å². The number of hydrogen-bond acceptors (Lipinski definition) is 4. The number of halogens is 1. The highest BCUT2D eigenvalue weighted by molar-refractivity contribution is 7.16. The standard InChI is InChI=1S/C13H18ClNO3S/c1-7-8(2)19-10(9(7)11(16)18-5)15-12(17)13(3,4)6-14/h6H2,1-5H3,(H,15,17). The van der Waals surface area contributed by atoms with Gasteiger partial charge in [-0.1, -0.05) is 0 Å². The molecule has 0 saturated carbocycles. The molecule has 4 nitrogen and oxygen atoms in total. The highest BCUT2D eigenvalue weighted by Crippen LogP contribution is 2.34. The third kappa shape index (κ3) is 3.28. The largest absolute Gasteiger partial charge is 0.465 e. The fraction of sp³-hybridized carbons (Fsp3) is 0.538. The summed E-state index contributed by atoms with van der Waals surface area (Å²) >= 11 is 7.14. The van der Waals surface area contributed by atoms with Gasteiger partial charge in [0, 0.05) is 10.8 Å². The lowest BCUT2D eigenvalue weighted by molar-refractivity contribution is -0.122. The minimum Gasteiger partial charge on any atom is -0.465 e. The van der Waals surface area contributed by atoms with Gasteiger partial charge in [0.05, 0.1) is 18.1 Å². The van der Waals surface area contributed by atoms with Crippen LogP contribution < -0.4 is 5.32 Å². The molecule has 0 unspecified atom stereocenters. The molecule has 0 radical (unpaired) electrons. The number of alkyl halides is 1. The Morgan fingerprint density at radius 2 is 1.95 bits per heavy atom. The molecule has 1 N–H and O–H groups in total. The number of hydrogen-bond donors (Lipinski definition) is 1. The number of methoxy groups -OCH3 is 1. The predicted octanol–water partition coefficient (Wildman–Crippen LogP) is 3.36. The molecule has 0 aliphatic rings. The van der Waals surface area contributed by atoms with Crippen LogP contribution in [0, 0.1) is 19.3 Å². The van der Waals surface area contributed by atoms with E-state index in [4.69, 9.17) is 16.3 Å². The first kappa shape index (κ1) is 16.0. The van der Waals surface area contributed by atoms with E-state index in [-0.39, 0.29) is 11.8 Å². The topological polar surface area (TPSA) is 55.4 Å². The molecular weight excluding hydrogens is 286 g/mol. The van der Waals surface area contributed by atoms with Crippen molar-refractivity contribution in [2.24, 2.45) is 5.41 Å². The van der Waals surface area contributed by atoms with Gasteiger partial charge in [-0.3, -0.25) is 4.79 Å². The highest BCUT2D eigenvalue weighted by Gasteiger charge is 2.29. The number of rotatable bonds is 4. The second kappa shape index (κ2) is 5.92. The quantitative estimate of drug-likeness (QED) is 0.685. The van der Waals surface area contributed by atoms with Gasteiger partial charge in [-0.25, -0.2) is 4.79 Å². The first-order valence-electron chi connectivity index (χ1n) is 5.80. The van der Waals surface area contributed by atoms with Gasteiger partial charge in [0.2, 0.25) is 5.91 Å². The van der Waals surface area contributed by atoms with Crippen molar-refractivity contribution in [1.82, 2.24) is 0 Å². The summed E-state index contributed by atoms with van der Waals surface area (Å²) in [6.45, 7) is 7.23. The molecule has 0 aliphatic heterocycles. The zero-order valence-electron chi connectivity index (χ0n) is 11.7. The van der Waals surface area contributed by atoms with E-state index < -0.39 is 11.4 Å². The summed E-state index contributed by atoms with van der Waals surface area (Å²) in [6.07, 6.45) is 0. The number of thiophene rings is 1. The van der Waals surface area contributed by atoms with Crippen LogP contribution in [-0.4, -0.2) is 24.9 Å².